The Morgan fingerprint density at radius 3 is 2.55 bits per heavy atom. The number of benzene rings is 2. The lowest BCUT2D eigenvalue weighted by Crippen LogP contribution is -2.16. The van der Waals surface area contributed by atoms with Gasteiger partial charge in [0.2, 0.25) is 0 Å². The molecule has 0 spiro atoms. The van der Waals surface area contributed by atoms with Crippen molar-refractivity contribution in [3.05, 3.63) is 41.5 Å². The second-order valence-electron chi connectivity index (χ2n) is 5.23. The highest BCUT2D eigenvalue weighted by atomic mass is 35.5. The van der Waals surface area contributed by atoms with Crippen molar-refractivity contribution in [1.82, 2.24) is 0 Å². The van der Waals surface area contributed by atoms with Gasteiger partial charge in [0.25, 0.3) is 0 Å². The van der Waals surface area contributed by atoms with Crippen LogP contribution in [0, 0.1) is 0 Å². The minimum atomic E-state index is -0.840. The van der Waals surface area contributed by atoms with Crippen molar-refractivity contribution in [3.8, 4) is 5.75 Å². The Morgan fingerprint density at radius 1 is 1.32 bits per heavy atom. The molecular weight excluding hydrogens is 302 g/mol. The fourth-order valence-electron chi connectivity index (χ4n) is 2.60. The molecule has 1 unspecified atom stereocenters. The molecule has 3 N–H and O–H groups in total. The van der Waals surface area contributed by atoms with Gasteiger partial charge in [-0.1, -0.05) is 25.1 Å². The van der Waals surface area contributed by atoms with Crippen LogP contribution in [-0.4, -0.2) is 18.2 Å². The molecule has 0 aliphatic heterocycles. The van der Waals surface area contributed by atoms with E-state index in [0.717, 1.165) is 34.1 Å². The van der Waals surface area contributed by atoms with Crippen LogP contribution in [0.3, 0.4) is 0 Å². The number of carboxylic acids is 1. The second kappa shape index (κ2) is 7.47. The molecule has 2 rings (SSSR count). The molecule has 0 bridgehead atoms. The Hall–Kier alpha value is -1.78. The van der Waals surface area contributed by atoms with Crippen LogP contribution in [0.4, 0.5) is 0 Å². The Balaban J connectivity index is 0.00000242. The van der Waals surface area contributed by atoms with E-state index in [2.05, 4.69) is 0 Å². The van der Waals surface area contributed by atoms with Crippen molar-refractivity contribution >= 4 is 29.1 Å². The highest BCUT2D eigenvalue weighted by molar-refractivity contribution is 5.90. The fourth-order valence-corrected chi connectivity index (χ4v) is 2.60. The number of carboxylic acid groups (broad SMARTS) is 1. The molecule has 0 saturated carbocycles. The number of methoxy groups -OCH3 is 1. The highest BCUT2D eigenvalue weighted by Gasteiger charge is 2.22. The van der Waals surface area contributed by atoms with E-state index < -0.39 is 11.9 Å². The van der Waals surface area contributed by atoms with Crippen LogP contribution in [0.2, 0.25) is 0 Å². The van der Waals surface area contributed by atoms with Gasteiger partial charge in [0.15, 0.2) is 0 Å². The van der Waals surface area contributed by atoms with Gasteiger partial charge in [0.1, 0.15) is 5.75 Å². The molecule has 22 heavy (non-hydrogen) atoms. The lowest BCUT2D eigenvalue weighted by Gasteiger charge is -2.20. The first-order valence-corrected chi connectivity index (χ1v) is 7.08. The van der Waals surface area contributed by atoms with Gasteiger partial charge in [0.05, 0.1) is 13.0 Å². The summed E-state index contributed by atoms with van der Waals surface area (Å²) < 4.78 is 5.24. The van der Waals surface area contributed by atoms with Gasteiger partial charge in [-0.2, -0.15) is 0 Å². The molecule has 0 heterocycles. The highest BCUT2D eigenvalue weighted by Crippen LogP contribution is 2.34. The topological polar surface area (TPSA) is 72.6 Å². The molecule has 4 nitrogen and oxygen atoms in total. The monoisotopic (exact) mass is 323 g/mol. The van der Waals surface area contributed by atoms with E-state index in [0.29, 0.717) is 0 Å². The van der Waals surface area contributed by atoms with Crippen LogP contribution in [0.1, 0.15) is 43.4 Å². The van der Waals surface area contributed by atoms with Crippen molar-refractivity contribution in [2.75, 3.05) is 7.11 Å². The molecule has 120 valence electrons. The summed E-state index contributed by atoms with van der Waals surface area (Å²) >= 11 is 0. The van der Waals surface area contributed by atoms with Crippen molar-refractivity contribution in [2.24, 2.45) is 5.73 Å². The molecule has 2 aromatic rings. The summed E-state index contributed by atoms with van der Waals surface area (Å²) in [6.45, 7) is 3.70. The number of hydrogen-bond acceptors (Lipinski definition) is 3. The van der Waals surface area contributed by atoms with Gasteiger partial charge in [-0.15, -0.1) is 12.4 Å². The van der Waals surface area contributed by atoms with Crippen molar-refractivity contribution in [2.45, 2.75) is 32.2 Å². The number of nitrogens with two attached hydrogens (primary N) is 1. The molecule has 0 aromatic heterocycles. The largest absolute Gasteiger partial charge is 0.497 e. The van der Waals surface area contributed by atoms with E-state index in [1.54, 1.807) is 14.0 Å². The molecule has 0 amide bonds. The van der Waals surface area contributed by atoms with Crippen molar-refractivity contribution < 1.29 is 14.6 Å². The summed E-state index contributed by atoms with van der Waals surface area (Å²) in [7, 11) is 1.63. The average molecular weight is 324 g/mol. The number of carbonyl (C=O) groups is 1. The first kappa shape index (κ1) is 18.3. The first-order chi connectivity index (χ1) is 9.99. The third-order valence-electron chi connectivity index (χ3n) is 3.95. The number of aliphatic carboxylic acids is 1. The summed E-state index contributed by atoms with van der Waals surface area (Å²) in [6, 6.07) is 9.39. The average Bonchev–Trinajstić information content (AvgIpc) is 2.51. The molecule has 2 atom stereocenters. The van der Waals surface area contributed by atoms with Crippen LogP contribution in [0.5, 0.6) is 5.75 Å². The standard InChI is InChI=1S/C17H21NO3.ClH/c1-4-15(18)16-13(10(2)17(19)20)7-5-11-9-12(21-3)6-8-14(11)16;/h5-10,15H,4,18H2,1-3H3,(H,19,20);1H/t10-,15?;/m0./s1. The third-order valence-corrected chi connectivity index (χ3v) is 3.95. The molecule has 0 radical (unpaired) electrons. The second-order valence-corrected chi connectivity index (χ2v) is 5.23. The Labute approximate surface area is 136 Å². The van der Waals surface area contributed by atoms with Gasteiger partial charge < -0.3 is 15.6 Å². The van der Waals surface area contributed by atoms with Gasteiger partial charge in [0, 0.05) is 6.04 Å². The van der Waals surface area contributed by atoms with Crippen molar-refractivity contribution in [1.29, 1.82) is 0 Å². The van der Waals surface area contributed by atoms with Gasteiger partial charge in [-0.05, 0) is 47.4 Å². The Morgan fingerprint density at radius 2 is 2.00 bits per heavy atom. The molecule has 0 fully saturated rings. The Bertz CT molecular complexity index is 672. The quantitative estimate of drug-likeness (QED) is 0.876. The first-order valence-electron chi connectivity index (χ1n) is 7.08. The molecule has 0 aliphatic rings. The maximum atomic E-state index is 11.3. The zero-order valence-electron chi connectivity index (χ0n) is 13.0. The van der Waals surface area contributed by atoms with Crippen molar-refractivity contribution in [3.63, 3.8) is 0 Å². The van der Waals surface area contributed by atoms with Crippen LogP contribution in [0.25, 0.3) is 10.8 Å². The van der Waals surface area contributed by atoms with Gasteiger partial charge in [-0.3, -0.25) is 4.79 Å². The van der Waals surface area contributed by atoms with Crippen LogP contribution in [0.15, 0.2) is 30.3 Å². The minimum Gasteiger partial charge on any atom is -0.497 e. The lowest BCUT2D eigenvalue weighted by molar-refractivity contribution is -0.138. The number of hydrogen-bond donors (Lipinski definition) is 2. The molecule has 2 aromatic carbocycles. The van der Waals surface area contributed by atoms with Gasteiger partial charge >= 0.3 is 5.97 Å². The van der Waals surface area contributed by atoms with E-state index in [1.165, 1.54) is 0 Å². The van der Waals surface area contributed by atoms with E-state index in [9.17, 15) is 9.90 Å². The number of fused-ring (bicyclic) bond motifs is 1. The molecular formula is C17H22ClNO3. The molecule has 0 saturated heterocycles. The van der Waals surface area contributed by atoms with E-state index in [-0.39, 0.29) is 18.4 Å². The Kier molecular flexibility index (Phi) is 6.21. The smallest absolute Gasteiger partial charge is 0.310 e. The molecule has 0 aliphatic carbocycles. The van der Waals surface area contributed by atoms with E-state index >= 15 is 0 Å². The fraction of sp³-hybridized carbons (Fsp3) is 0.353. The third kappa shape index (κ3) is 3.34. The summed E-state index contributed by atoms with van der Waals surface area (Å²) in [5.41, 5.74) is 7.96. The van der Waals surface area contributed by atoms with Crippen LogP contribution < -0.4 is 10.5 Å². The van der Waals surface area contributed by atoms with E-state index in [1.807, 2.05) is 37.3 Å². The predicted molar refractivity (Wildman–Crippen MR) is 91.0 cm³/mol. The normalized spacial score (nSPS) is 13.3. The zero-order valence-corrected chi connectivity index (χ0v) is 13.8. The maximum Gasteiger partial charge on any atom is 0.310 e. The van der Waals surface area contributed by atoms with Crippen LogP contribution >= 0.6 is 12.4 Å². The predicted octanol–water partition coefficient (Wildman–Crippen LogP) is 3.87. The molecule has 5 heteroatoms. The lowest BCUT2D eigenvalue weighted by atomic mass is 9.87. The SMILES string of the molecule is CCC(N)c1c([C@H](C)C(=O)O)ccc2cc(OC)ccc12.Cl. The minimum absolute atomic E-state index is 0. The summed E-state index contributed by atoms with van der Waals surface area (Å²) in [5.74, 6) is -0.644. The zero-order chi connectivity index (χ0) is 15.6. The summed E-state index contributed by atoms with van der Waals surface area (Å²) in [5, 5.41) is 11.3. The van der Waals surface area contributed by atoms with E-state index in [4.69, 9.17) is 10.5 Å². The number of rotatable bonds is 5. The van der Waals surface area contributed by atoms with Crippen LogP contribution in [-0.2, 0) is 4.79 Å². The van der Waals surface area contributed by atoms with Gasteiger partial charge in [-0.25, -0.2) is 0 Å². The summed E-state index contributed by atoms with van der Waals surface area (Å²) in [6.07, 6.45) is 0.754. The maximum absolute atomic E-state index is 11.3. The summed E-state index contributed by atoms with van der Waals surface area (Å²) in [4.78, 5) is 11.3. The number of ether oxygens (including phenoxy) is 1. The number of halogens is 1.